The minimum Gasteiger partial charge on any atom is -0.373 e. The van der Waals surface area contributed by atoms with Crippen molar-refractivity contribution in [3.05, 3.63) is 34.9 Å². The van der Waals surface area contributed by atoms with Gasteiger partial charge in [-0.1, -0.05) is 23.7 Å². The number of hydrogen-bond acceptors (Lipinski definition) is 4. The van der Waals surface area contributed by atoms with E-state index in [0.717, 1.165) is 18.4 Å². The molecule has 24 heavy (non-hydrogen) atoms. The molecule has 1 aliphatic carbocycles. The molecule has 0 N–H and O–H groups in total. The molecule has 3 atom stereocenters. The van der Waals surface area contributed by atoms with Gasteiger partial charge in [0.1, 0.15) is 0 Å². The molecular formula is C17H20ClNO4S. The van der Waals surface area contributed by atoms with Crippen LogP contribution >= 0.6 is 11.6 Å². The number of fused-ring (bicyclic) bond motifs is 1. The second-order valence-electron chi connectivity index (χ2n) is 6.95. The molecule has 1 amide bonds. The summed E-state index contributed by atoms with van der Waals surface area (Å²) in [6.45, 7) is 0.868. The molecule has 3 aliphatic rings. The number of carbonyl (C=O) groups is 1. The standard InChI is InChI=1S/C17H20ClNO4S/c18-13-5-3-12(4-6-13)16(11-1-2-11)17(20)19-7-8-23-15-10-24(21,22)9-14(15)19/h3-6,11,14-16H,1-2,7-10H2. The van der Waals surface area contributed by atoms with Crippen molar-refractivity contribution < 1.29 is 17.9 Å². The normalized spacial score (nSPS) is 30.0. The summed E-state index contributed by atoms with van der Waals surface area (Å²) >= 11 is 5.97. The van der Waals surface area contributed by atoms with E-state index in [1.807, 2.05) is 24.3 Å². The van der Waals surface area contributed by atoms with Crippen molar-refractivity contribution >= 4 is 27.3 Å². The Balaban J connectivity index is 1.61. The molecule has 2 saturated heterocycles. The van der Waals surface area contributed by atoms with Crippen LogP contribution in [0.15, 0.2) is 24.3 Å². The van der Waals surface area contributed by atoms with Crippen molar-refractivity contribution in [2.45, 2.75) is 30.9 Å². The minimum absolute atomic E-state index is 0.0153. The van der Waals surface area contributed by atoms with Gasteiger partial charge in [-0.2, -0.15) is 0 Å². The van der Waals surface area contributed by atoms with Crippen LogP contribution in [0.4, 0.5) is 0 Å². The zero-order valence-corrected chi connectivity index (χ0v) is 14.8. The summed E-state index contributed by atoms with van der Waals surface area (Å²) in [5, 5.41) is 0.647. The molecule has 0 spiro atoms. The molecule has 130 valence electrons. The summed E-state index contributed by atoms with van der Waals surface area (Å²) in [6.07, 6.45) is 1.70. The summed E-state index contributed by atoms with van der Waals surface area (Å²) in [6, 6.07) is 7.09. The van der Waals surface area contributed by atoms with Crippen molar-refractivity contribution in [2.75, 3.05) is 24.7 Å². The van der Waals surface area contributed by atoms with Crippen LogP contribution in [-0.4, -0.2) is 56.0 Å². The molecule has 1 aromatic rings. The number of halogens is 1. The average Bonchev–Trinajstić information content (AvgIpc) is 3.30. The predicted molar refractivity (Wildman–Crippen MR) is 90.8 cm³/mol. The zero-order valence-electron chi connectivity index (χ0n) is 13.2. The van der Waals surface area contributed by atoms with Gasteiger partial charge in [-0.05, 0) is 36.5 Å². The first-order chi connectivity index (χ1) is 11.4. The fraction of sp³-hybridized carbons (Fsp3) is 0.588. The smallest absolute Gasteiger partial charge is 0.230 e. The maximum absolute atomic E-state index is 13.3. The number of morpholine rings is 1. The van der Waals surface area contributed by atoms with Crippen molar-refractivity contribution in [1.82, 2.24) is 4.90 Å². The van der Waals surface area contributed by atoms with Gasteiger partial charge in [-0.15, -0.1) is 0 Å². The summed E-state index contributed by atoms with van der Waals surface area (Å²) in [4.78, 5) is 15.0. The Morgan fingerprint density at radius 2 is 1.92 bits per heavy atom. The van der Waals surface area contributed by atoms with Gasteiger partial charge in [0.15, 0.2) is 9.84 Å². The molecule has 4 rings (SSSR count). The molecule has 0 aromatic heterocycles. The van der Waals surface area contributed by atoms with E-state index in [9.17, 15) is 13.2 Å². The van der Waals surface area contributed by atoms with Crippen LogP contribution in [0.5, 0.6) is 0 Å². The highest BCUT2D eigenvalue weighted by atomic mass is 35.5. The molecule has 0 radical (unpaired) electrons. The number of nitrogens with zero attached hydrogens (tertiary/aromatic N) is 1. The summed E-state index contributed by atoms with van der Waals surface area (Å²) in [5.74, 6) is 0.218. The Bertz CT molecular complexity index is 744. The third-order valence-electron chi connectivity index (χ3n) is 5.21. The number of amides is 1. The third kappa shape index (κ3) is 3.07. The van der Waals surface area contributed by atoms with Crippen molar-refractivity contribution in [1.29, 1.82) is 0 Å². The Morgan fingerprint density at radius 3 is 2.58 bits per heavy atom. The molecule has 5 nitrogen and oxygen atoms in total. The van der Waals surface area contributed by atoms with Gasteiger partial charge in [0, 0.05) is 11.6 Å². The molecule has 7 heteroatoms. The van der Waals surface area contributed by atoms with E-state index in [-0.39, 0.29) is 35.5 Å². The first-order valence-corrected chi connectivity index (χ1v) is 10.5. The fourth-order valence-corrected chi connectivity index (χ4v) is 5.88. The van der Waals surface area contributed by atoms with Gasteiger partial charge in [0.05, 0.1) is 36.2 Å². The Kier molecular flexibility index (Phi) is 4.09. The van der Waals surface area contributed by atoms with E-state index in [4.69, 9.17) is 16.3 Å². The summed E-state index contributed by atoms with van der Waals surface area (Å²) < 4.78 is 29.5. The SMILES string of the molecule is O=C(C(c1ccc(Cl)cc1)C1CC1)N1CCOC2CS(=O)(=O)CC21. The minimum atomic E-state index is -3.13. The predicted octanol–water partition coefficient (Wildman–Crippen LogP) is 1.86. The molecule has 0 bridgehead atoms. The van der Waals surface area contributed by atoms with Crippen molar-refractivity contribution in [3.8, 4) is 0 Å². The van der Waals surface area contributed by atoms with Crippen LogP contribution in [-0.2, 0) is 19.4 Å². The summed E-state index contributed by atoms with van der Waals surface area (Å²) in [5.41, 5.74) is 0.968. The summed E-state index contributed by atoms with van der Waals surface area (Å²) in [7, 11) is -3.13. The number of hydrogen-bond donors (Lipinski definition) is 0. The lowest BCUT2D eigenvalue weighted by Crippen LogP contribution is -2.54. The lowest BCUT2D eigenvalue weighted by atomic mass is 9.91. The van der Waals surface area contributed by atoms with Crippen LogP contribution in [0, 0.1) is 5.92 Å². The Morgan fingerprint density at radius 1 is 1.21 bits per heavy atom. The third-order valence-corrected chi connectivity index (χ3v) is 7.15. The average molecular weight is 370 g/mol. The van der Waals surface area contributed by atoms with Gasteiger partial charge in [-0.25, -0.2) is 8.42 Å². The first kappa shape index (κ1) is 16.4. The first-order valence-electron chi connectivity index (χ1n) is 8.32. The molecule has 1 aromatic carbocycles. The lowest BCUT2D eigenvalue weighted by molar-refractivity contribution is -0.145. The number of benzene rings is 1. The van der Waals surface area contributed by atoms with Crippen LogP contribution < -0.4 is 0 Å². The topological polar surface area (TPSA) is 63.7 Å². The van der Waals surface area contributed by atoms with Crippen LogP contribution in [0.25, 0.3) is 0 Å². The largest absolute Gasteiger partial charge is 0.373 e. The van der Waals surface area contributed by atoms with E-state index in [1.54, 1.807) is 4.90 Å². The van der Waals surface area contributed by atoms with Crippen molar-refractivity contribution in [3.63, 3.8) is 0 Å². The van der Waals surface area contributed by atoms with Gasteiger partial charge in [0.25, 0.3) is 0 Å². The van der Waals surface area contributed by atoms with Gasteiger partial charge in [0.2, 0.25) is 5.91 Å². The zero-order chi connectivity index (χ0) is 16.9. The number of carbonyl (C=O) groups excluding carboxylic acids is 1. The molecule has 2 aliphatic heterocycles. The van der Waals surface area contributed by atoms with Gasteiger partial charge >= 0.3 is 0 Å². The van der Waals surface area contributed by atoms with E-state index in [0.29, 0.717) is 24.1 Å². The van der Waals surface area contributed by atoms with Crippen LogP contribution in [0.2, 0.25) is 5.02 Å². The highest BCUT2D eigenvalue weighted by Gasteiger charge is 2.48. The molecule has 3 unspecified atom stereocenters. The van der Waals surface area contributed by atoms with E-state index in [2.05, 4.69) is 0 Å². The van der Waals surface area contributed by atoms with Gasteiger partial charge in [-0.3, -0.25) is 4.79 Å². The molecule has 2 heterocycles. The van der Waals surface area contributed by atoms with E-state index < -0.39 is 9.84 Å². The monoisotopic (exact) mass is 369 g/mol. The number of ether oxygens (including phenoxy) is 1. The van der Waals surface area contributed by atoms with Gasteiger partial charge < -0.3 is 9.64 Å². The van der Waals surface area contributed by atoms with Crippen LogP contribution in [0.1, 0.15) is 24.3 Å². The number of sulfone groups is 1. The highest BCUT2D eigenvalue weighted by Crippen LogP contribution is 2.44. The maximum atomic E-state index is 13.3. The molecule has 3 fully saturated rings. The Hall–Kier alpha value is -1.11. The maximum Gasteiger partial charge on any atom is 0.230 e. The molecular weight excluding hydrogens is 350 g/mol. The van der Waals surface area contributed by atoms with E-state index in [1.165, 1.54) is 0 Å². The Labute approximate surface area is 146 Å². The van der Waals surface area contributed by atoms with E-state index >= 15 is 0 Å². The van der Waals surface area contributed by atoms with Crippen LogP contribution in [0.3, 0.4) is 0 Å². The second kappa shape index (κ2) is 6.00. The molecule has 1 saturated carbocycles. The highest BCUT2D eigenvalue weighted by molar-refractivity contribution is 7.91. The second-order valence-corrected chi connectivity index (χ2v) is 9.54. The lowest BCUT2D eigenvalue weighted by Gasteiger charge is -2.38. The van der Waals surface area contributed by atoms with Crippen molar-refractivity contribution in [2.24, 2.45) is 5.92 Å². The fourth-order valence-electron chi connectivity index (χ4n) is 3.88. The number of rotatable bonds is 3. The quantitative estimate of drug-likeness (QED) is 0.815.